The highest BCUT2D eigenvalue weighted by atomic mass is 16.4. The molecule has 0 atom stereocenters. The van der Waals surface area contributed by atoms with Gasteiger partial charge in [-0.2, -0.15) is 0 Å². The molecule has 5 heteroatoms. The third kappa shape index (κ3) is 4.27. The maximum absolute atomic E-state index is 11.4. The Balaban J connectivity index is 1.83. The Hall–Kier alpha value is -2.43. The van der Waals surface area contributed by atoms with Gasteiger partial charge >= 0.3 is 5.97 Å². The van der Waals surface area contributed by atoms with Gasteiger partial charge in [-0.3, -0.25) is 19.3 Å². The van der Waals surface area contributed by atoms with Gasteiger partial charge in [0.15, 0.2) is 0 Å². The third-order valence-electron chi connectivity index (χ3n) is 3.37. The van der Waals surface area contributed by atoms with Crippen LogP contribution in [0, 0.1) is 0 Å². The zero-order chi connectivity index (χ0) is 15.2. The van der Waals surface area contributed by atoms with Crippen molar-refractivity contribution >= 4 is 17.8 Å². The minimum Gasteiger partial charge on any atom is -0.481 e. The lowest BCUT2D eigenvalue weighted by atomic mass is 10.0. The quantitative estimate of drug-likeness (QED) is 0.772. The van der Waals surface area contributed by atoms with Gasteiger partial charge in [0.1, 0.15) is 0 Å². The molecule has 0 saturated heterocycles. The van der Waals surface area contributed by atoms with Crippen LogP contribution < -0.4 is 0 Å². The number of aryl methyl sites for hydroxylation is 2. The molecular formula is C16H17NO4. The lowest BCUT2D eigenvalue weighted by Gasteiger charge is -2.13. The summed E-state index contributed by atoms with van der Waals surface area (Å²) in [5.74, 6) is -1.32. The van der Waals surface area contributed by atoms with E-state index in [9.17, 15) is 14.4 Å². The first-order chi connectivity index (χ1) is 10.1. The summed E-state index contributed by atoms with van der Waals surface area (Å²) in [6, 6.07) is 7.76. The molecule has 0 bridgehead atoms. The summed E-state index contributed by atoms with van der Waals surface area (Å²) >= 11 is 0. The fourth-order valence-electron chi connectivity index (χ4n) is 2.28. The highest BCUT2D eigenvalue weighted by molar-refractivity contribution is 6.12. The van der Waals surface area contributed by atoms with E-state index in [-0.39, 0.29) is 18.2 Å². The van der Waals surface area contributed by atoms with Crippen molar-refractivity contribution in [1.29, 1.82) is 0 Å². The number of carbonyl (C=O) groups excluding carboxylic acids is 2. The van der Waals surface area contributed by atoms with Crippen LogP contribution in [0.1, 0.15) is 24.0 Å². The minimum atomic E-state index is -0.807. The number of amides is 2. The van der Waals surface area contributed by atoms with Crippen molar-refractivity contribution in [2.75, 3.05) is 6.54 Å². The number of rotatable bonds is 7. The maximum Gasteiger partial charge on any atom is 0.303 e. The van der Waals surface area contributed by atoms with E-state index in [1.54, 1.807) is 0 Å². The number of carboxylic acids is 1. The topological polar surface area (TPSA) is 74.7 Å². The van der Waals surface area contributed by atoms with Gasteiger partial charge in [-0.05, 0) is 30.4 Å². The molecular weight excluding hydrogens is 270 g/mol. The van der Waals surface area contributed by atoms with Crippen molar-refractivity contribution in [3.63, 3.8) is 0 Å². The van der Waals surface area contributed by atoms with E-state index in [1.807, 2.05) is 24.3 Å². The molecule has 1 aliphatic heterocycles. The number of carbonyl (C=O) groups is 3. The average molecular weight is 287 g/mol. The van der Waals surface area contributed by atoms with E-state index < -0.39 is 5.97 Å². The van der Waals surface area contributed by atoms with Gasteiger partial charge in [0.05, 0.1) is 0 Å². The van der Waals surface area contributed by atoms with Crippen LogP contribution in [0.2, 0.25) is 0 Å². The number of nitrogens with zero attached hydrogens (tertiary/aromatic N) is 1. The second-order valence-corrected chi connectivity index (χ2v) is 4.98. The lowest BCUT2D eigenvalue weighted by molar-refractivity contribution is -0.138. The fourth-order valence-corrected chi connectivity index (χ4v) is 2.28. The Morgan fingerprint density at radius 1 is 1.05 bits per heavy atom. The molecule has 1 aromatic rings. The third-order valence-corrected chi connectivity index (χ3v) is 3.37. The molecule has 2 rings (SSSR count). The van der Waals surface area contributed by atoms with E-state index >= 15 is 0 Å². The van der Waals surface area contributed by atoms with Gasteiger partial charge in [0, 0.05) is 25.1 Å². The first-order valence-electron chi connectivity index (χ1n) is 6.89. The lowest BCUT2D eigenvalue weighted by Crippen LogP contribution is -2.31. The monoisotopic (exact) mass is 287 g/mol. The number of hydrogen-bond donors (Lipinski definition) is 1. The van der Waals surface area contributed by atoms with Crippen molar-refractivity contribution in [3.8, 4) is 0 Å². The van der Waals surface area contributed by atoms with Crippen LogP contribution in [-0.2, 0) is 27.2 Å². The van der Waals surface area contributed by atoms with Gasteiger partial charge in [-0.15, -0.1) is 0 Å². The summed E-state index contributed by atoms with van der Waals surface area (Å²) in [5.41, 5.74) is 2.08. The largest absolute Gasteiger partial charge is 0.481 e. The highest BCUT2D eigenvalue weighted by Gasteiger charge is 2.22. The van der Waals surface area contributed by atoms with Crippen LogP contribution in [-0.4, -0.2) is 34.3 Å². The van der Waals surface area contributed by atoms with Crippen LogP contribution in [0.15, 0.2) is 36.4 Å². The molecule has 0 saturated carbocycles. The number of aliphatic carboxylic acids is 1. The zero-order valence-electron chi connectivity index (χ0n) is 11.6. The Morgan fingerprint density at radius 3 is 2.29 bits per heavy atom. The number of imide groups is 1. The van der Waals surface area contributed by atoms with Gasteiger partial charge in [0.25, 0.3) is 11.8 Å². The normalized spacial score (nSPS) is 14.0. The van der Waals surface area contributed by atoms with Crippen LogP contribution >= 0.6 is 0 Å². The van der Waals surface area contributed by atoms with Crippen LogP contribution in [0.3, 0.4) is 0 Å². The Labute approximate surface area is 122 Å². The van der Waals surface area contributed by atoms with Crippen molar-refractivity contribution in [2.45, 2.75) is 25.7 Å². The molecule has 5 nitrogen and oxygen atoms in total. The molecule has 0 unspecified atom stereocenters. The predicted octanol–water partition coefficient (Wildman–Crippen LogP) is 1.56. The first-order valence-corrected chi connectivity index (χ1v) is 6.89. The van der Waals surface area contributed by atoms with Gasteiger partial charge < -0.3 is 5.11 Å². The number of carboxylic acid groups (broad SMARTS) is 1. The van der Waals surface area contributed by atoms with E-state index in [2.05, 4.69) is 0 Å². The van der Waals surface area contributed by atoms with Gasteiger partial charge in [0.2, 0.25) is 0 Å². The zero-order valence-corrected chi connectivity index (χ0v) is 11.6. The van der Waals surface area contributed by atoms with Crippen LogP contribution in [0.25, 0.3) is 0 Å². The molecule has 0 radical (unpaired) electrons. The summed E-state index contributed by atoms with van der Waals surface area (Å²) in [6.45, 7) is 0.407. The molecule has 1 N–H and O–H groups in total. The fraction of sp³-hybridized carbons (Fsp3) is 0.312. The van der Waals surface area contributed by atoms with Crippen molar-refractivity contribution in [3.05, 3.63) is 47.5 Å². The standard InChI is InChI=1S/C16H17NO4/c18-14-7-8-15(19)17(14)10-2-5-12-3-1-4-13(11-12)6-9-16(20)21/h1,3-4,7-8,11H,2,5-6,9-10H2,(H,20,21). The summed E-state index contributed by atoms with van der Waals surface area (Å²) in [5, 5.41) is 8.68. The van der Waals surface area contributed by atoms with Gasteiger partial charge in [-0.1, -0.05) is 24.3 Å². The first kappa shape index (κ1) is 15.0. The Morgan fingerprint density at radius 2 is 1.67 bits per heavy atom. The van der Waals surface area contributed by atoms with Crippen molar-refractivity contribution < 1.29 is 19.5 Å². The second-order valence-electron chi connectivity index (χ2n) is 4.98. The molecule has 1 aliphatic rings. The van der Waals surface area contributed by atoms with E-state index in [0.29, 0.717) is 19.4 Å². The van der Waals surface area contributed by atoms with E-state index in [1.165, 1.54) is 17.1 Å². The highest BCUT2D eigenvalue weighted by Crippen LogP contribution is 2.11. The molecule has 2 amide bonds. The van der Waals surface area contributed by atoms with Gasteiger partial charge in [-0.25, -0.2) is 0 Å². The molecule has 1 heterocycles. The molecule has 0 aliphatic carbocycles. The minimum absolute atomic E-state index is 0.117. The maximum atomic E-state index is 11.4. The summed E-state index contributed by atoms with van der Waals surface area (Å²) in [7, 11) is 0. The smallest absolute Gasteiger partial charge is 0.303 e. The molecule has 21 heavy (non-hydrogen) atoms. The summed E-state index contributed by atoms with van der Waals surface area (Å²) in [6.07, 6.45) is 4.64. The van der Waals surface area contributed by atoms with E-state index in [0.717, 1.165) is 17.5 Å². The average Bonchev–Trinajstić information content (AvgIpc) is 2.77. The van der Waals surface area contributed by atoms with Crippen molar-refractivity contribution in [1.82, 2.24) is 4.90 Å². The molecule has 0 fully saturated rings. The number of hydrogen-bond acceptors (Lipinski definition) is 3. The molecule has 1 aromatic carbocycles. The Kier molecular flexibility index (Phi) is 4.87. The SMILES string of the molecule is O=C(O)CCc1cccc(CCCN2C(=O)C=CC2=O)c1. The molecule has 0 spiro atoms. The molecule has 0 aromatic heterocycles. The van der Waals surface area contributed by atoms with Crippen LogP contribution in [0.5, 0.6) is 0 Å². The van der Waals surface area contributed by atoms with Crippen LogP contribution in [0.4, 0.5) is 0 Å². The molecule has 110 valence electrons. The predicted molar refractivity (Wildman–Crippen MR) is 76.6 cm³/mol. The number of benzene rings is 1. The second kappa shape index (κ2) is 6.83. The van der Waals surface area contributed by atoms with Crippen molar-refractivity contribution in [2.24, 2.45) is 0 Å². The summed E-state index contributed by atoms with van der Waals surface area (Å²) < 4.78 is 0. The summed E-state index contributed by atoms with van der Waals surface area (Å²) in [4.78, 5) is 34.6. The van der Waals surface area contributed by atoms with E-state index in [4.69, 9.17) is 5.11 Å². The Bertz CT molecular complexity index is 574.